The maximum atomic E-state index is 12.8. The van der Waals surface area contributed by atoms with Crippen molar-refractivity contribution in [2.75, 3.05) is 25.6 Å². The van der Waals surface area contributed by atoms with Gasteiger partial charge in [-0.1, -0.05) is 0 Å². The zero-order valence-corrected chi connectivity index (χ0v) is 16.0. The van der Waals surface area contributed by atoms with E-state index < -0.39 is 17.8 Å². The first-order valence-electron chi connectivity index (χ1n) is 8.61. The predicted molar refractivity (Wildman–Crippen MR) is 98.8 cm³/mol. The zero-order valence-electron chi connectivity index (χ0n) is 16.0. The number of rotatable bonds is 7. The lowest BCUT2D eigenvalue weighted by atomic mass is 10.3. The number of halogens is 3. The molecule has 0 bridgehead atoms. The Hall–Kier alpha value is -3.54. The fraction of sp³-hybridized carbons (Fsp3) is 0.278. The number of anilines is 1. The second-order valence-electron chi connectivity index (χ2n) is 5.98. The third-order valence-corrected chi connectivity index (χ3v) is 3.83. The molecule has 158 valence electrons. The molecule has 0 radical (unpaired) electrons. The van der Waals surface area contributed by atoms with Crippen LogP contribution in [0.25, 0.3) is 11.5 Å². The molecule has 9 nitrogen and oxygen atoms in total. The van der Waals surface area contributed by atoms with Crippen LogP contribution in [0.2, 0.25) is 0 Å². The van der Waals surface area contributed by atoms with Gasteiger partial charge in [-0.15, -0.1) is 0 Å². The molecule has 0 unspecified atom stereocenters. The fourth-order valence-electron chi connectivity index (χ4n) is 2.41. The van der Waals surface area contributed by atoms with E-state index in [1.807, 2.05) is 0 Å². The second-order valence-corrected chi connectivity index (χ2v) is 5.98. The van der Waals surface area contributed by atoms with Crippen LogP contribution in [0.5, 0.6) is 5.88 Å². The summed E-state index contributed by atoms with van der Waals surface area (Å²) in [6.07, 6.45) is -2.14. The van der Waals surface area contributed by atoms with Crippen LogP contribution in [0.3, 0.4) is 0 Å². The highest BCUT2D eigenvalue weighted by Gasteiger charge is 2.32. The number of aryl methyl sites for hydroxylation is 1. The number of alkyl halides is 3. The average molecular weight is 422 g/mol. The normalized spacial score (nSPS) is 11.4. The summed E-state index contributed by atoms with van der Waals surface area (Å²) in [6.45, 7) is 0.475. The summed E-state index contributed by atoms with van der Waals surface area (Å²) in [6, 6.07) is 4.91. The third-order valence-electron chi connectivity index (χ3n) is 3.83. The molecule has 30 heavy (non-hydrogen) atoms. The number of nitrogens with zero attached hydrogens (tertiary/aromatic N) is 5. The minimum atomic E-state index is -4.63. The van der Waals surface area contributed by atoms with Crippen molar-refractivity contribution in [3.63, 3.8) is 0 Å². The zero-order chi connectivity index (χ0) is 21.7. The van der Waals surface area contributed by atoms with Crippen molar-refractivity contribution < 1.29 is 27.4 Å². The standard InChI is InChI=1S/C18H17F3N6O3/c1-27-13(4-6-23-27)16-25-12(10-15(26-16)30-8-7-29-2)17(28)24-11-3-5-22-14(9-11)18(19,20)21/h3-6,9-10H,7-8H2,1-2H3,(H,22,24,28). The van der Waals surface area contributed by atoms with Gasteiger partial charge in [0.15, 0.2) is 5.82 Å². The van der Waals surface area contributed by atoms with Gasteiger partial charge in [-0.05, 0) is 18.2 Å². The number of ether oxygens (including phenoxy) is 2. The van der Waals surface area contributed by atoms with Crippen LogP contribution in [0.15, 0.2) is 36.7 Å². The summed E-state index contributed by atoms with van der Waals surface area (Å²) in [7, 11) is 3.18. The predicted octanol–water partition coefficient (Wildman–Crippen LogP) is 2.57. The highest BCUT2D eigenvalue weighted by Crippen LogP contribution is 2.29. The average Bonchev–Trinajstić information content (AvgIpc) is 3.13. The summed E-state index contributed by atoms with van der Waals surface area (Å²) in [5.74, 6) is -0.466. The van der Waals surface area contributed by atoms with Gasteiger partial charge in [-0.25, -0.2) is 4.98 Å². The maximum Gasteiger partial charge on any atom is 0.433 e. The van der Waals surface area contributed by atoms with Crippen LogP contribution in [0, 0.1) is 0 Å². The number of carbonyl (C=O) groups excluding carboxylic acids is 1. The summed E-state index contributed by atoms with van der Waals surface area (Å²) < 4.78 is 50.5. The van der Waals surface area contributed by atoms with Gasteiger partial charge in [0.1, 0.15) is 23.7 Å². The topological polar surface area (TPSA) is 104 Å². The van der Waals surface area contributed by atoms with Crippen molar-refractivity contribution in [1.29, 1.82) is 0 Å². The molecule has 0 aromatic carbocycles. The molecular formula is C18H17F3N6O3. The molecule has 3 aromatic rings. The molecule has 0 aliphatic carbocycles. The first kappa shape index (κ1) is 21.2. The highest BCUT2D eigenvalue weighted by molar-refractivity contribution is 6.03. The molecule has 1 amide bonds. The van der Waals surface area contributed by atoms with Crippen molar-refractivity contribution in [1.82, 2.24) is 24.7 Å². The van der Waals surface area contributed by atoms with E-state index in [1.54, 1.807) is 13.1 Å². The number of carbonyl (C=O) groups is 1. The first-order valence-corrected chi connectivity index (χ1v) is 8.61. The number of hydrogen-bond acceptors (Lipinski definition) is 7. The van der Waals surface area contributed by atoms with E-state index in [0.717, 1.165) is 12.3 Å². The van der Waals surface area contributed by atoms with Gasteiger partial charge < -0.3 is 14.8 Å². The number of methoxy groups -OCH3 is 1. The number of hydrogen-bond donors (Lipinski definition) is 1. The quantitative estimate of drug-likeness (QED) is 0.584. The van der Waals surface area contributed by atoms with Crippen molar-refractivity contribution >= 4 is 11.6 Å². The molecule has 3 aromatic heterocycles. The van der Waals surface area contributed by atoms with E-state index in [4.69, 9.17) is 9.47 Å². The van der Waals surface area contributed by atoms with Crippen molar-refractivity contribution in [2.45, 2.75) is 6.18 Å². The van der Waals surface area contributed by atoms with E-state index in [9.17, 15) is 18.0 Å². The molecule has 1 N–H and O–H groups in total. The Bertz CT molecular complexity index is 1040. The molecule has 0 saturated heterocycles. The van der Waals surface area contributed by atoms with E-state index in [-0.39, 0.29) is 29.7 Å². The minimum Gasteiger partial charge on any atom is -0.475 e. The highest BCUT2D eigenvalue weighted by atomic mass is 19.4. The van der Waals surface area contributed by atoms with Gasteiger partial charge >= 0.3 is 6.18 Å². The summed E-state index contributed by atoms with van der Waals surface area (Å²) in [5, 5.41) is 6.42. The Balaban J connectivity index is 1.90. The molecule has 0 spiro atoms. The monoisotopic (exact) mass is 422 g/mol. The molecule has 0 fully saturated rings. The van der Waals surface area contributed by atoms with Crippen molar-refractivity contribution in [3.05, 3.63) is 48.0 Å². The molecule has 3 heterocycles. The van der Waals surface area contributed by atoms with Crippen molar-refractivity contribution in [2.24, 2.45) is 7.05 Å². The lowest BCUT2D eigenvalue weighted by Crippen LogP contribution is -2.17. The van der Waals surface area contributed by atoms with Crippen molar-refractivity contribution in [3.8, 4) is 17.4 Å². The van der Waals surface area contributed by atoms with Crippen LogP contribution in [0.4, 0.5) is 18.9 Å². The fourth-order valence-corrected chi connectivity index (χ4v) is 2.41. The van der Waals surface area contributed by atoms with Gasteiger partial charge in [0.2, 0.25) is 5.88 Å². The van der Waals surface area contributed by atoms with Crippen LogP contribution in [-0.2, 0) is 18.0 Å². The Kier molecular flexibility index (Phi) is 6.26. The molecule has 12 heteroatoms. The Morgan fingerprint density at radius 3 is 2.63 bits per heavy atom. The Labute approximate surface area is 168 Å². The van der Waals surface area contributed by atoms with Crippen LogP contribution < -0.4 is 10.1 Å². The maximum absolute atomic E-state index is 12.8. The summed E-state index contributed by atoms with van der Waals surface area (Å²) >= 11 is 0. The number of pyridine rings is 1. The van der Waals surface area contributed by atoms with Crippen LogP contribution in [-0.4, -0.2) is 51.0 Å². The summed E-state index contributed by atoms with van der Waals surface area (Å²) in [4.78, 5) is 24.4. The number of amides is 1. The molecule has 0 aliphatic rings. The lowest BCUT2D eigenvalue weighted by Gasteiger charge is -2.11. The molecule has 3 rings (SSSR count). The molecule has 0 aliphatic heterocycles. The van der Waals surface area contributed by atoms with Gasteiger partial charge in [-0.2, -0.15) is 23.3 Å². The lowest BCUT2D eigenvalue weighted by molar-refractivity contribution is -0.141. The molecular weight excluding hydrogens is 405 g/mol. The molecule has 0 atom stereocenters. The van der Waals surface area contributed by atoms with Gasteiger partial charge in [0.25, 0.3) is 5.91 Å². The van der Waals surface area contributed by atoms with E-state index in [2.05, 4.69) is 25.4 Å². The number of nitrogens with one attached hydrogen (secondary N) is 1. The third kappa shape index (κ3) is 5.08. The van der Waals surface area contributed by atoms with Gasteiger partial charge in [0.05, 0.1) is 6.61 Å². The van der Waals surface area contributed by atoms with E-state index in [1.165, 1.54) is 30.1 Å². The smallest absolute Gasteiger partial charge is 0.433 e. The first-order chi connectivity index (χ1) is 14.3. The summed E-state index contributed by atoms with van der Waals surface area (Å²) in [5.41, 5.74) is -0.782. The largest absolute Gasteiger partial charge is 0.475 e. The minimum absolute atomic E-state index is 0.0788. The van der Waals surface area contributed by atoms with Crippen LogP contribution in [0.1, 0.15) is 16.2 Å². The van der Waals surface area contributed by atoms with E-state index >= 15 is 0 Å². The van der Waals surface area contributed by atoms with E-state index in [0.29, 0.717) is 12.3 Å². The molecule has 0 saturated carbocycles. The van der Waals surface area contributed by atoms with Gasteiger partial charge in [0, 0.05) is 38.3 Å². The van der Waals surface area contributed by atoms with Crippen LogP contribution >= 0.6 is 0 Å². The number of aromatic nitrogens is 5. The van der Waals surface area contributed by atoms with Gasteiger partial charge in [-0.3, -0.25) is 14.5 Å². The Morgan fingerprint density at radius 2 is 1.97 bits per heavy atom. The SMILES string of the molecule is COCCOc1cc(C(=O)Nc2ccnc(C(F)(F)F)c2)nc(-c2ccnn2C)n1. The Morgan fingerprint density at radius 1 is 1.17 bits per heavy atom. The second kappa shape index (κ2) is 8.86.